The molecule has 0 saturated carbocycles. The normalized spacial score (nSPS) is 11.0. The lowest BCUT2D eigenvalue weighted by molar-refractivity contribution is 0.0924. The molecule has 21 heavy (non-hydrogen) atoms. The standard InChI is InChI=1S/C12H21N3O4S.ClH/c1-3-6-13-7-8-14-12(16)11-5-4-10(19-11)9-15-20(2,17)18;/h4-5,13,15H,3,6-9H2,1-2H3,(H,14,16);1H. The Morgan fingerprint density at radius 1 is 1.24 bits per heavy atom. The van der Waals surface area contributed by atoms with E-state index in [1.165, 1.54) is 6.07 Å². The average molecular weight is 340 g/mol. The van der Waals surface area contributed by atoms with Crippen LogP contribution in [-0.2, 0) is 16.6 Å². The van der Waals surface area contributed by atoms with Gasteiger partial charge in [-0.1, -0.05) is 6.92 Å². The largest absolute Gasteiger partial charge is 0.455 e. The van der Waals surface area contributed by atoms with E-state index in [-0.39, 0.29) is 30.6 Å². The van der Waals surface area contributed by atoms with Crippen LogP contribution in [0.4, 0.5) is 0 Å². The molecule has 0 spiro atoms. The molecule has 7 nitrogen and oxygen atoms in total. The molecule has 1 aromatic rings. The van der Waals surface area contributed by atoms with Crippen LogP contribution in [0.2, 0.25) is 0 Å². The molecule has 1 aromatic heterocycles. The first kappa shape index (κ1) is 19.9. The highest BCUT2D eigenvalue weighted by Gasteiger charge is 2.11. The summed E-state index contributed by atoms with van der Waals surface area (Å²) in [6.07, 6.45) is 2.11. The first-order valence-corrected chi connectivity index (χ1v) is 8.34. The van der Waals surface area contributed by atoms with Gasteiger partial charge in [0.05, 0.1) is 12.8 Å². The second-order valence-electron chi connectivity index (χ2n) is 4.37. The number of hydrogen-bond donors (Lipinski definition) is 3. The first-order chi connectivity index (χ1) is 9.42. The first-order valence-electron chi connectivity index (χ1n) is 6.44. The maximum Gasteiger partial charge on any atom is 0.287 e. The van der Waals surface area contributed by atoms with E-state index >= 15 is 0 Å². The van der Waals surface area contributed by atoms with Crippen LogP contribution in [0.1, 0.15) is 29.7 Å². The van der Waals surface area contributed by atoms with Crippen LogP contribution in [0.25, 0.3) is 0 Å². The predicted octanol–water partition coefficient (Wildman–Crippen LogP) is 0.480. The van der Waals surface area contributed by atoms with Crippen molar-refractivity contribution in [3.05, 3.63) is 23.7 Å². The van der Waals surface area contributed by atoms with E-state index in [0.29, 0.717) is 18.8 Å². The Balaban J connectivity index is 0.00000400. The number of nitrogens with one attached hydrogen (secondary N) is 3. The molecule has 0 unspecified atom stereocenters. The Hall–Kier alpha value is -1.09. The van der Waals surface area contributed by atoms with Crippen LogP contribution in [0.15, 0.2) is 16.5 Å². The molecule has 0 aliphatic carbocycles. The minimum Gasteiger partial charge on any atom is -0.455 e. The molecule has 0 bridgehead atoms. The van der Waals surface area contributed by atoms with Gasteiger partial charge in [-0.3, -0.25) is 4.79 Å². The van der Waals surface area contributed by atoms with Crippen LogP contribution in [0.5, 0.6) is 0 Å². The zero-order valence-electron chi connectivity index (χ0n) is 12.1. The maximum atomic E-state index is 11.7. The van der Waals surface area contributed by atoms with Gasteiger partial charge in [0.1, 0.15) is 5.76 Å². The van der Waals surface area contributed by atoms with E-state index in [1.54, 1.807) is 6.07 Å². The number of carbonyl (C=O) groups is 1. The summed E-state index contributed by atoms with van der Waals surface area (Å²) in [5, 5.41) is 5.87. The Kier molecular flexibility index (Phi) is 9.27. The van der Waals surface area contributed by atoms with Gasteiger partial charge in [-0.15, -0.1) is 12.4 Å². The Bertz CT molecular complexity index is 530. The van der Waals surface area contributed by atoms with Crippen molar-refractivity contribution in [2.75, 3.05) is 25.9 Å². The molecule has 1 amide bonds. The molecular weight excluding hydrogens is 318 g/mol. The van der Waals surface area contributed by atoms with E-state index in [9.17, 15) is 13.2 Å². The second-order valence-corrected chi connectivity index (χ2v) is 6.20. The molecule has 0 atom stereocenters. The van der Waals surface area contributed by atoms with Crippen molar-refractivity contribution < 1.29 is 17.6 Å². The van der Waals surface area contributed by atoms with Crippen molar-refractivity contribution in [1.29, 1.82) is 0 Å². The fourth-order valence-electron chi connectivity index (χ4n) is 1.45. The lowest BCUT2D eigenvalue weighted by atomic mass is 10.4. The summed E-state index contributed by atoms with van der Waals surface area (Å²) < 4.78 is 29.4. The molecule has 1 rings (SSSR count). The zero-order chi connectivity index (χ0) is 15.0. The van der Waals surface area contributed by atoms with E-state index in [2.05, 4.69) is 22.3 Å². The summed E-state index contributed by atoms with van der Waals surface area (Å²) in [5.74, 6) is 0.254. The SMILES string of the molecule is CCCNCCNC(=O)c1ccc(CNS(C)(=O)=O)o1.Cl. The quantitative estimate of drug-likeness (QED) is 0.568. The number of carbonyl (C=O) groups excluding carboxylic acids is 1. The fourth-order valence-corrected chi connectivity index (χ4v) is 1.85. The molecule has 0 saturated heterocycles. The van der Waals surface area contributed by atoms with Gasteiger partial charge in [-0.25, -0.2) is 13.1 Å². The molecule has 0 aromatic carbocycles. The molecule has 122 valence electrons. The van der Waals surface area contributed by atoms with Gasteiger partial charge in [-0.05, 0) is 25.1 Å². The fraction of sp³-hybridized carbons (Fsp3) is 0.583. The van der Waals surface area contributed by atoms with E-state index in [1.807, 2.05) is 0 Å². The molecule has 0 aliphatic heterocycles. The van der Waals surface area contributed by atoms with Gasteiger partial charge in [0.2, 0.25) is 10.0 Å². The van der Waals surface area contributed by atoms with Crippen LogP contribution in [0, 0.1) is 0 Å². The Morgan fingerprint density at radius 2 is 1.95 bits per heavy atom. The summed E-state index contributed by atoms with van der Waals surface area (Å²) in [7, 11) is -3.28. The van der Waals surface area contributed by atoms with Crippen molar-refractivity contribution in [2.24, 2.45) is 0 Å². The van der Waals surface area contributed by atoms with E-state index in [0.717, 1.165) is 19.2 Å². The smallest absolute Gasteiger partial charge is 0.287 e. The number of rotatable bonds is 9. The second kappa shape index (κ2) is 9.78. The van der Waals surface area contributed by atoms with Gasteiger partial charge in [0.25, 0.3) is 5.91 Å². The number of furan rings is 1. The lowest BCUT2D eigenvalue weighted by Gasteiger charge is -2.04. The third kappa shape index (κ3) is 8.71. The van der Waals surface area contributed by atoms with Crippen molar-refractivity contribution in [3.63, 3.8) is 0 Å². The lowest BCUT2D eigenvalue weighted by Crippen LogP contribution is -2.31. The van der Waals surface area contributed by atoms with Gasteiger partial charge in [0, 0.05) is 13.1 Å². The highest BCUT2D eigenvalue weighted by molar-refractivity contribution is 7.88. The van der Waals surface area contributed by atoms with Crippen molar-refractivity contribution in [1.82, 2.24) is 15.4 Å². The molecule has 0 aliphatic rings. The van der Waals surface area contributed by atoms with Gasteiger partial charge < -0.3 is 15.1 Å². The molecule has 0 fully saturated rings. The third-order valence-corrected chi connectivity index (χ3v) is 3.08. The van der Waals surface area contributed by atoms with Crippen molar-refractivity contribution in [3.8, 4) is 0 Å². The molecule has 3 N–H and O–H groups in total. The predicted molar refractivity (Wildman–Crippen MR) is 83.1 cm³/mol. The summed E-state index contributed by atoms with van der Waals surface area (Å²) in [6.45, 7) is 4.22. The minimum absolute atomic E-state index is 0. The number of hydrogen-bond acceptors (Lipinski definition) is 5. The average Bonchev–Trinajstić information content (AvgIpc) is 2.84. The minimum atomic E-state index is -3.28. The van der Waals surface area contributed by atoms with Gasteiger partial charge in [-0.2, -0.15) is 0 Å². The number of sulfonamides is 1. The monoisotopic (exact) mass is 339 g/mol. The maximum absolute atomic E-state index is 11.7. The summed E-state index contributed by atoms with van der Waals surface area (Å²) in [6, 6.07) is 3.09. The summed E-state index contributed by atoms with van der Waals surface area (Å²) in [5.41, 5.74) is 0. The van der Waals surface area contributed by atoms with Crippen LogP contribution < -0.4 is 15.4 Å². The van der Waals surface area contributed by atoms with E-state index in [4.69, 9.17) is 4.42 Å². The van der Waals surface area contributed by atoms with Crippen molar-refractivity contribution >= 4 is 28.3 Å². The highest BCUT2D eigenvalue weighted by atomic mass is 35.5. The molecule has 1 heterocycles. The van der Waals surface area contributed by atoms with Crippen LogP contribution >= 0.6 is 12.4 Å². The van der Waals surface area contributed by atoms with Crippen molar-refractivity contribution in [2.45, 2.75) is 19.9 Å². The highest BCUT2D eigenvalue weighted by Crippen LogP contribution is 2.07. The number of amides is 1. The Labute approximate surface area is 131 Å². The van der Waals surface area contributed by atoms with Gasteiger partial charge >= 0.3 is 0 Å². The summed E-state index contributed by atoms with van der Waals surface area (Å²) >= 11 is 0. The molecule has 9 heteroatoms. The van der Waals surface area contributed by atoms with Gasteiger partial charge in [0.15, 0.2) is 5.76 Å². The summed E-state index contributed by atoms with van der Waals surface area (Å²) in [4.78, 5) is 11.7. The molecular formula is C12H22ClN3O4S. The topological polar surface area (TPSA) is 100 Å². The number of halogens is 1. The zero-order valence-corrected chi connectivity index (χ0v) is 13.8. The van der Waals surface area contributed by atoms with E-state index < -0.39 is 10.0 Å². The Morgan fingerprint density at radius 3 is 2.57 bits per heavy atom. The molecule has 0 radical (unpaired) electrons. The van der Waals surface area contributed by atoms with Crippen LogP contribution in [-0.4, -0.2) is 40.2 Å². The third-order valence-electron chi connectivity index (χ3n) is 2.41. The van der Waals surface area contributed by atoms with Crippen LogP contribution in [0.3, 0.4) is 0 Å².